The molecule has 0 saturated heterocycles. The first-order valence-electron chi connectivity index (χ1n) is 5.74. The number of nitrogens with two attached hydrogens (primary N) is 1. The molecule has 1 aromatic rings. The Kier molecular flexibility index (Phi) is 4.72. The minimum absolute atomic E-state index is 0.0328. The van der Waals surface area contributed by atoms with Crippen LogP contribution in [0.5, 0.6) is 0 Å². The number of nitrogen functional groups attached to an aromatic ring is 1. The molecule has 0 unspecified atom stereocenters. The van der Waals surface area contributed by atoms with Gasteiger partial charge in [-0.05, 0) is 43.5 Å². The lowest BCUT2D eigenvalue weighted by molar-refractivity contribution is 0.275. The summed E-state index contributed by atoms with van der Waals surface area (Å²) in [4.78, 5) is 0.198. The van der Waals surface area contributed by atoms with E-state index in [9.17, 15) is 8.42 Å². The van der Waals surface area contributed by atoms with Gasteiger partial charge >= 0.3 is 0 Å². The Morgan fingerprint density at radius 2 is 1.94 bits per heavy atom. The molecule has 0 aromatic heterocycles. The minimum Gasteiger partial charge on any atom is -0.398 e. The fourth-order valence-corrected chi connectivity index (χ4v) is 2.93. The van der Waals surface area contributed by atoms with E-state index in [1.54, 1.807) is 6.07 Å². The first-order valence-corrected chi connectivity index (χ1v) is 7.18. The van der Waals surface area contributed by atoms with Crippen LogP contribution in [0.15, 0.2) is 17.0 Å². The Morgan fingerprint density at radius 3 is 2.44 bits per heavy atom. The summed E-state index contributed by atoms with van der Waals surface area (Å²) in [6.07, 6.45) is 0.413. The topological polar surface area (TPSA) is 83.6 Å². The van der Waals surface area contributed by atoms with Gasteiger partial charge in [0, 0.05) is 25.9 Å². The Bertz CT molecular complexity index is 503. The Balaban J connectivity index is 3.13. The average Bonchev–Trinajstić information content (AvgIpc) is 2.32. The number of sulfonamides is 1. The molecule has 5 nitrogen and oxygen atoms in total. The normalized spacial score (nSPS) is 12.1. The van der Waals surface area contributed by atoms with Crippen LogP contribution in [-0.2, 0) is 10.0 Å². The van der Waals surface area contributed by atoms with Gasteiger partial charge in [0.2, 0.25) is 10.0 Å². The third-order valence-electron chi connectivity index (χ3n) is 3.02. The van der Waals surface area contributed by atoms with Gasteiger partial charge in [-0.25, -0.2) is 12.7 Å². The summed E-state index contributed by atoms with van der Waals surface area (Å²) in [5.74, 6) is 0. The number of hydrogen-bond donors (Lipinski definition) is 2. The monoisotopic (exact) mass is 272 g/mol. The van der Waals surface area contributed by atoms with E-state index in [1.165, 1.54) is 17.4 Å². The highest BCUT2D eigenvalue weighted by atomic mass is 32.2. The summed E-state index contributed by atoms with van der Waals surface area (Å²) in [5.41, 5.74) is 8.02. The zero-order valence-electron chi connectivity index (χ0n) is 11.0. The van der Waals surface area contributed by atoms with Gasteiger partial charge < -0.3 is 10.8 Å². The van der Waals surface area contributed by atoms with E-state index in [0.29, 0.717) is 12.1 Å². The molecule has 0 amide bonds. The maximum absolute atomic E-state index is 12.2. The van der Waals surface area contributed by atoms with Crippen molar-refractivity contribution in [3.63, 3.8) is 0 Å². The molecule has 102 valence electrons. The molecule has 0 bridgehead atoms. The van der Waals surface area contributed by atoms with Crippen molar-refractivity contribution in [2.24, 2.45) is 0 Å². The van der Waals surface area contributed by atoms with Gasteiger partial charge in [0.05, 0.1) is 4.90 Å². The molecule has 0 atom stereocenters. The highest BCUT2D eigenvalue weighted by Gasteiger charge is 2.21. The smallest absolute Gasteiger partial charge is 0.242 e. The van der Waals surface area contributed by atoms with Crippen molar-refractivity contribution in [3.05, 3.63) is 23.3 Å². The second kappa shape index (κ2) is 5.69. The van der Waals surface area contributed by atoms with Gasteiger partial charge in [-0.2, -0.15) is 0 Å². The molecular formula is C12H20N2O3S. The number of hydrogen-bond acceptors (Lipinski definition) is 4. The predicted molar refractivity (Wildman–Crippen MR) is 71.8 cm³/mol. The van der Waals surface area contributed by atoms with Crippen molar-refractivity contribution < 1.29 is 13.5 Å². The molecule has 1 rings (SSSR count). The SMILES string of the molecule is Cc1cc(S(=O)(=O)N(C)CCCO)cc(N)c1C. The van der Waals surface area contributed by atoms with Crippen LogP contribution in [0.2, 0.25) is 0 Å². The number of rotatable bonds is 5. The number of benzene rings is 1. The number of aryl methyl sites for hydroxylation is 1. The van der Waals surface area contributed by atoms with E-state index in [1.807, 2.05) is 13.8 Å². The maximum Gasteiger partial charge on any atom is 0.242 e. The van der Waals surface area contributed by atoms with E-state index >= 15 is 0 Å². The number of aliphatic hydroxyl groups excluding tert-OH is 1. The summed E-state index contributed by atoms with van der Waals surface area (Å²) in [6, 6.07) is 3.10. The van der Waals surface area contributed by atoms with E-state index in [2.05, 4.69) is 0 Å². The maximum atomic E-state index is 12.2. The van der Waals surface area contributed by atoms with E-state index in [-0.39, 0.29) is 18.0 Å². The fraction of sp³-hybridized carbons (Fsp3) is 0.500. The lowest BCUT2D eigenvalue weighted by Gasteiger charge is -2.18. The van der Waals surface area contributed by atoms with E-state index < -0.39 is 10.0 Å². The third-order valence-corrected chi connectivity index (χ3v) is 4.85. The standard InChI is InChI=1S/C12H20N2O3S/c1-9-7-11(8-12(13)10(9)2)18(16,17)14(3)5-4-6-15/h7-8,15H,4-6,13H2,1-3H3. The van der Waals surface area contributed by atoms with Crippen molar-refractivity contribution in [1.29, 1.82) is 0 Å². The van der Waals surface area contributed by atoms with Crippen LogP contribution < -0.4 is 5.73 Å². The molecule has 0 fully saturated rings. The van der Waals surface area contributed by atoms with E-state index in [0.717, 1.165) is 11.1 Å². The molecule has 6 heteroatoms. The molecule has 1 aromatic carbocycles. The Hall–Kier alpha value is -1.11. The molecule has 0 aliphatic carbocycles. The molecule has 18 heavy (non-hydrogen) atoms. The quantitative estimate of drug-likeness (QED) is 0.780. The first-order chi connectivity index (χ1) is 8.30. The number of aliphatic hydroxyl groups is 1. The lowest BCUT2D eigenvalue weighted by atomic mass is 10.1. The molecule has 0 aliphatic rings. The summed E-state index contributed by atoms with van der Waals surface area (Å²) in [7, 11) is -2.03. The number of anilines is 1. The molecule has 0 spiro atoms. The predicted octanol–water partition coefficient (Wildman–Crippen LogP) is 0.889. The minimum atomic E-state index is -3.53. The molecule has 0 radical (unpaired) electrons. The van der Waals surface area contributed by atoms with Crippen LogP contribution in [0.3, 0.4) is 0 Å². The highest BCUT2D eigenvalue weighted by molar-refractivity contribution is 7.89. The lowest BCUT2D eigenvalue weighted by Crippen LogP contribution is -2.28. The van der Waals surface area contributed by atoms with Crippen molar-refractivity contribution >= 4 is 15.7 Å². The summed E-state index contributed by atoms with van der Waals surface area (Å²) < 4.78 is 25.7. The average molecular weight is 272 g/mol. The zero-order valence-corrected chi connectivity index (χ0v) is 11.8. The zero-order chi connectivity index (χ0) is 13.9. The Morgan fingerprint density at radius 1 is 1.33 bits per heavy atom. The third kappa shape index (κ3) is 3.01. The Labute approximate surface area is 108 Å². The van der Waals surface area contributed by atoms with Crippen LogP contribution in [0.1, 0.15) is 17.5 Å². The molecule has 0 aliphatic heterocycles. The van der Waals surface area contributed by atoms with Crippen molar-refractivity contribution in [3.8, 4) is 0 Å². The molecule has 0 saturated carbocycles. The van der Waals surface area contributed by atoms with Gasteiger partial charge in [0.1, 0.15) is 0 Å². The fourth-order valence-electron chi connectivity index (χ4n) is 1.59. The first kappa shape index (κ1) is 14.9. The van der Waals surface area contributed by atoms with Gasteiger partial charge in [0.25, 0.3) is 0 Å². The number of nitrogens with zero attached hydrogens (tertiary/aromatic N) is 1. The van der Waals surface area contributed by atoms with Crippen LogP contribution in [-0.4, -0.2) is 38.0 Å². The van der Waals surface area contributed by atoms with Crippen LogP contribution in [0, 0.1) is 13.8 Å². The summed E-state index contributed by atoms with van der Waals surface area (Å²) >= 11 is 0. The highest BCUT2D eigenvalue weighted by Crippen LogP contribution is 2.23. The molecule has 0 heterocycles. The van der Waals surface area contributed by atoms with Crippen molar-refractivity contribution in [2.75, 3.05) is 25.9 Å². The van der Waals surface area contributed by atoms with E-state index in [4.69, 9.17) is 10.8 Å². The van der Waals surface area contributed by atoms with Gasteiger partial charge in [0.15, 0.2) is 0 Å². The van der Waals surface area contributed by atoms with Gasteiger partial charge in [-0.15, -0.1) is 0 Å². The molecule has 3 N–H and O–H groups in total. The molecular weight excluding hydrogens is 252 g/mol. The largest absolute Gasteiger partial charge is 0.398 e. The van der Waals surface area contributed by atoms with Gasteiger partial charge in [-0.1, -0.05) is 0 Å². The van der Waals surface area contributed by atoms with Crippen LogP contribution >= 0.6 is 0 Å². The van der Waals surface area contributed by atoms with Crippen molar-refractivity contribution in [2.45, 2.75) is 25.2 Å². The second-order valence-corrected chi connectivity index (χ2v) is 6.40. The van der Waals surface area contributed by atoms with Crippen LogP contribution in [0.4, 0.5) is 5.69 Å². The summed E-state index contributed by atoms with van der Waals surface area (Å²) in [5, 5.41) is 8.73. The van der Waals surface area contributed by atoms with Crippen molar-refractivity contribution in [1.82, 2.24) is 4.31 Å². The van der Waals surface area contributed by atoms with Crippen LogP contribution in [0.25, 0.3) is 0 Å². The van der Waals surface area contributed by atoms with Gasteiger partial charge in [-0.3, -0.25) is 0 Å². The summed E-state index contributed by atoms with van der Waals surface area (Å²) in [6.45, 7) is 3.94. The second-order valence-electron chi connectivity index (χ2n) is 4.36.